The highest BCUT2D eigenvalue weighted by molar-refractivity contribution is 5.90. The van der Waals surface area contributed by atoms with Crippen molar-refractivity contribution in [3.8, 4) is 0 Å². The molecule has 1 aromatic rings. The molecule has 0 spiro atoms. The van der Waals surface area contributed by atoms with Crippen LogP contribution in [0, 0.1) is 0 Å². The Morgan fingerprint density at radius 3 is 2.67 bits per heavy atom. The van der Waals surface area contributed by atoms with Crippen molar-refractivity contribution in [1.29, 1.82) is 0 Å². The summed E-state index contributed by atoms with van der Waals surface area (Å²) < 4.78 is 0. The lowest BCUT2D eigenvalue weighted by atomic mass is 10.4. The predicted octanol–water partition coefficient (Wildman–Crippen LogP) is 1.22. The second kappa shape index (κ2) is 4.63. The van der Waals surface area contributed by atoms with Gasteiger partial charge in [-0.25, -0.2) is 9.78 Å². The van der Waals surface area contributed by atoms with E-state index in [2.05, 4.69) is 10.3 Å². The number of nitrogens with one attached hydrogen (secondary N) is 1. The Balaban J connectivity index is 2.71. The van der Waals surface area contributed by atoms with Gasteiger partial charge in [0.1, 0.15) is 5.82 Å². The number of pyridine rings is 1. The van der Waals surface area contributed by atoms with Crippen molar-refractivity contribution in [1.82, 2.24) is 10.3 Å². The highest BCUT2D eigenvalue weighted by Gasteiger charge is 2.11. The van der Waals surface area contributed by atoms with E-state index in [0.29, 0.717) is 11.5 Å². The monoisotopic (exact) mass is 208 g/mol. The molecule has 0 bridgehead atoms. The largest absolute Gasteiger partial charge is 0.397 e. The van der Waals surface area contributed by atoms with Crippen LogP contribution in [0.1, 0.15) is 13.8 Å². The molecule has 0 unspecified atom stereocenters. The summed E-state index contributed by atoms with van der Waals surface area (Å²) in [6, 6.07) is 3.34. The molecular weight excluding hydrogens is 192 g/mol. The highest BCUT2D eigenvalue weighted by Crippen LogP contribution is 2.10. The van der Waals surface area contributed by atoms with Gasteiger partial charge in [0.15, 0.2) is 0 Å². The summed E-state index contributed by atoms with van der Waals surface area (Å²) in [5, 5.41) is 2.77. The van der Waals surface area contributed by atoms with Gasteiger partial charge in [0, 0.05) is 13.1 Å². The molecule has 0 fully saturated rings. The van der Waals surface area contributed by atoms with Crippen molar-refractivity contribution >= 4 is 17.5 Å². The van der Waals surface area contributed by atoms with Crippen LogP contribution in [0.15, 0.2) is 18.3 Å². The summed E-state index contributed by atoms with van der Waals surface area (Å²) in [6.45, 7) is 3.81. The molecule has 1 aromatic heterocycles. The maximum absolute atomic E-state index is 11.6. The zero-order valence-corrected chi connectivity index (χ0v) is 9.19. The standard InChI is InChI=1S/C10H16N4O/c1-7(2)13-10(15)14(3)9-5-4-8(11)6-12-9/h4-7H,11H2,1-3H3,(H,13,15). The van der Waals surface area contributed by atoms with Crippen LogP contribution in [-0.4, -0.2) is 24.1 Å². The van der Waals surface area contributed by atoms with Gasteiger partial charge < -0.3 is 11.1 Å². The Hall–Kier alpha value is -1.78. The van der Waals surface area contributed by atoms with Crippen LogP contribution >= 0.6 is 0 Å². The Morgan fingerprint density at radius 2 is 2.20 bits per heavy atom. The number of nitrogens with two attached hydrogens (primary N) is 1. The number of nitrogens with zero attached hydrogens (tertiary/aromatic N) is 2. The molecule has 0 aliphatic rings. The maximum Gasteiger partial charge on any atom is 0.322 e. The summed E-state index contributed by atoms with van der Waals surface area (Å²) in [4.78, 5) is 17.1. The van der Waals surface area contributed by atoms with Crippen molar-refractivity contribution in [3.63, 3.8) is 0 Å². The Bertz CT molecular complexity index is 334. The Kier molecular flexibility index (Phi) is 3.49. The molecule has 3 N–H and O–H groups in total. The summed E-state index contributed by atoms with van der Waals surface area (Å²) >= 11 is 0. The second-order valence-electron chi connectivity index (χ2n) is 3.61. The van der Waals surface area contributed by atoms with Crippen molar-refractivity contribution in [2.45, 2.75) is 19.9 Å². The van der Waals surface area contributed by atoms with Crippen LogP contribution in [0.4, 0.5) is 16.3 Å². The minimum Gasteiger partial charge on any atom is -0.397 e. The minimum absolute atomic E-state index is 0.105. The van der Waals surface area contributed by atoms with Gasteiger partial charge in [-0.1, -0.05) is 0 Å². The molecule has 0 radical (unpaired) electrons. The van der Waals surface area contributed by atoms with E-state index in [1.165, 1.54) is 11.1 Å². The first kappa shape index (κ1) is 11.3. The third kappa shape index (κ3) is 3.12. The van der Waals surface area contributed by atoms with Gasteiger partial charge in [0.25, 0.3) is 0 Å². The van der Waals surface area contributed by atoms with Crippen molar-refractivity contribution in [2.75, 3.05) is 17.7 Å². The zero-order chi connectivity index (χ0) is 11.4. The van der Waals surface area contributed by atoms with Gasteiger partial charge in [0.2, 0.25) is 0 Å². The number of hydrogen-bond donors (Lipinski definition) is 2. The first-order valence-electron chi connectivity index (χ1n) is 4.76. The van der Waals surface area contributed by atoms with Gasteiger partial charge in [-0.2, -0.15) is 0 Å². The molecule has 0 aliphatic heterocycles. The molecule has 0 aromatic carbocycles. The fourth-order valence-electron chi connectivity index (χ4n) is 1.04. The van der Waals surface area contributed by atoms with Crippen molar-refractivity contribution < 1.29 is 4.79 Å². The van der Waals surface area contributed by atoms with Gasteiger partial charge >= 0.3 is 6.03 Å². The van der Waals surface area contributed by atoms with E-state index in [0.717, 1.165) is 0 Å². The molecule has 5 heteroatoms. The molecule has 5 nitrogen and oxygen atoms in total. The summed E-state index contributed by atoms with van der Waals surface area (Å²) in [7, 11) is 1.66. The van der Waals surface area contributed by atoms with Crippen LogP contribution in [0.5, 0.6) is 0 Å². The third-order valence-electron chi connectivity index (χ3n) is 1.83. The van der Waals surface area contributed by atoms with Crippen LogP contribution in [0.2, 0.25) is 0 Å². The van der Waals surface area contributed by atoms with E-state index in [9.17, 15) is 4.79 Å². The number of urea groups is 1. The molecule has 0 atom stereocenters. The number of carbonyl (C=O) groups is 1. The van der Waals surface area contributed by atoms with Gasteiger partial charge in [-0.15, -0.1) is 0 Å². The molecule has 2 amide bonds. The fourth-order valence-corrected chi connectivity index (χ4v) is 1.04. The second-order valence-corrected chi connectivity index (χ2v) is 3.61. The molecule has 82 valence electrons. The van der Waals surface area contributed by atoms with Crippen LogP contribution < -0.4 is 16.0 Å². The van der Waals surface area contributed by atoms with Crippen LogP contribution in [0.25, 0.3) is 0 Å². The SMILES string of the molecule is CC(C)NC(=O)N(C)c1ccc(N)cn1. The first-order valence-corrected chi connectivity index (χ1v) is 4.76. The molecule has 0 aliphatic carbocycles. The third-order valence-corrected chi connectivity index (χ3v) is 1.83. The minimum atomic E-state index is -0.178. The first-order chi connectivity index (χ1) is 7.00. The van der Waals surface area contributed by atoms with Gasteiger partial charge in [0.05, 0.1) is 11.9 Å². The molecule has 0 saturated heterocycles. The zero-order valence-electron chi connectivity index (χ0n) is 9.19. The summed E-state index contributed by atoms with van der Waals surface area (Å²) in [6.07, 6.45) is 1.52. The van der Waals surface area contributed by atoms with E-state index in [1.807, 2.05) is 13.8 Å². The number of hydrogen-bond acceptors (Lipinski definition) is 3. The number of anilines is 2. The highest BCUT2D eigenvalue weighted by atomic mass is 16.2. The average molecular weight is 208 g/mol. The van der Waals surface area contributed by atoms with E-state index < -0.39 is 0 Å². The summed E-state index contributed by atoms with van der Waals surface area (Å²) in [5.41, 5.74) is 6.08. The lowest BCUT2D eigenvalue weighted by molar-refractivity contribution is 0.245. The number of nitrogen functional groups attached to an aromatic ring is 1. The van der Waals surface area contributed by atoms with Gasteiger partial charge in [-0.3, -0.25) is 4.90 Å². The topological polar surface area (TPSA) is 71.2 Å². The Labute approximate surface area is 89.3 Å². The smallest absolute Gasteiger partial charge is 0.322 e. The lowest BCUT2D eigenvalue weighted by Gasteiger charge is -2.18. The number of aromatic nitrogens is 1. The molecule has 1 heterocycles. The molecule has 15 heavy (non-hydrogen) atoms. The normalized spacial score (nSPS) is 10.1. The van der Waals surface area contributed by atoms with Crippen LogP contribution in [-0.2, 0) is 0 Å². The van der Waals surface area contributed by atoms with E-state index in [4.69, 9.17) is 5.73 Å². The van der Waals surface area contributed by atoms with Crippen molar-refractivity contribution in [3.05, 3.63) is 18.3 Å². The molecule has 0 saturated carbocycles. The average Bonchev–Trinajstić information content (AvgIpc) is 2.17. The number of amides is 2. The number of carbonyl (C=O) groups excluding carboxylic acids is 1. The fraction of sp³-hybridized carbons (Fsp3) is 0.400. The van der Waals surface area contributed by atoms with Crippen molar-refractivity contribution in [2.24, 2.45) is 0 Å². The lowest BCUT2D eigenvalue weighted by Crippen LogP contribution is -2.41. The number of rotatable bonds is 2. The molecular formula is C10H16N4O. The van der Waals surface area contributed by atoms with E-state index in [-0.39, 0.29) is 12.1 Å². The van der Waals surface area contributed by atoms with E-state index >= 15 is 0 Å². The van der Waals surface area contributed by atoms with Gasteiger partial charge in [-0.05, 0) is 26.0 Å². The predicted molar refractivity (Wildman–Crippen MR) is 60.7 cm³/mol. The van der Waals surface area contributed by atoms with E-state index in [1.54, 1.807) is 19.2 Å². The Morgan fingerprint density at radius 1 is 1.53 bits per heavy atom. The summed E-state index contributed by atoms with van der Waals surface area (Å²) in [5.74, 6) is 0.572. The van der Waals surface area contributed by atoms with Crippen LogP contribution in [0.3, 0.4) is 0 Å². The molecule has 1 rings (SSSR count). The maximum atomic E-state index is 11.6. The quantitative estimate of drug-likeness (QED) is 0.767.